The van der Waals surface area contributed by atoms with Gasteiger partial charge in [-0.15, -0.1) is 0 Å². The van der Waals surface area contributed by atoms with E-state index in [4.69, 9.17) is 9.47 Å². The van der Waals surface area contributed by atoms with Crippen molar-refractivity contribution in [1.29, 1.82) is 0 Å². The number of aliphatic hydroxyl groups excluding tert-OH is 1. The molecule has 1 N–H and O–H groups in total. The minimum absolute atomic E-state index is 0.0501. The average molecular weight is 488 g/mol. The molecular weight excluding hydrogens is 438 g/mol. The highest BCUT2D eigenvalue weighted by Gasteiger charge is 2.83. The monoisotopic (exact) mass is 487 g/mol. The Morgan fingerprint density at radius 2 is 1.71 bits per heavy atom. The van der Waals surface area contributed by atoms with E-state index in [1.54, 1.807) is 4.90 Å². The van der Waals surface area contributed by atoms with Crippen LogP contribution in [0.25, 0.3) is 0 Å². The van der Waals surface area contributed by atoms with Crippen molar-refractivity contribution in [2.45, 2.75) is 111 Å². The lowest BCUT2D eigenvalue weighted by Gasteiger charge is -2.63. The molecule has 1 amide bonds. The molecule has 9 unspecified atom stereocenters. The van der Waals surface area contributed by atoms with E-state index in [1.165, 1.54) is 52.1 Å². The van der Waals surface area contributed by atoms with Gasteiger partial charge in [0.1, 0.15) is 0 Å². The highest BCUT2D eigenvalue weighted by Crippen LogP contribution is 2.89. The average Bonchev–Trinajstić information content (AvgIpc) is 3.39. The van der Waals surface area contributed by atoms with Crippen molar-refractivity contribution >= 4 is 6.09 Å². The summed E-state index contributed by atoms with van der Waals surface area (Å²) in [5, 5.41) is 10.9. The highest BCUT2D eigenvalue weighted by atomic mass is 16.5. The fraction of sp³-hybridized carbons (Fsp3) is 0.967. The van der Waals surface area contributed by atoms with Crippen molar-refractivity contribution in [3.8, 4) is 0 Å². The van der Waals surface area contributed by atoms with Gasteiger partial charge in [0, 0.05) is 13.6 Å². The first kappa shape index (κ1) is 24.5. The molecule has 0 aromatic rings. The molecule has 5 saturated carbocycles. The molecule has 11 atom stereocenters. The zero-order chi connectivity index (χ0) is 25.2. The van der Waals surface area contributed by atoms with Crippen LogP contribution in [-0.4, -0.2) is 55.1 Å². The van der Waals surface area contributed by atoms with E-state index in [0.29, 0.717) is 52.1 Å². The standard InChI is InChI=1S/C30H49NO4/c1-18-14-19(16-31(6)25(33)34-7)35-20-15-28(5)22-9-8-21-26(2,3)23(32)10-11-29(21)17-30(22,29)13-12-27(28,4)24(18)20/h18-24,32H,8-17H2,1-7H3/t18-,19?,20?,21?,22?,23?,24?,27?,28+,29?,30?/m1/s1. The molecule has 5 nitrogen and oxygen atoms in total. The predicted octanol–water partition coefficient (Wildman–Crippen LogP) is 5.89. The minimum Gasteiger partial charge on any atom is -0.453 e. The van der Waals surface area contributed by atoms with Crippen LogP contribution in [-0.2, 0) is 9.47 Å². The lowest BCUT2D eigenvalue weighted by atomic mass is 9.41. The van der Waals surface area contributed by atoms with Crippen LogP contribution in [0, 0.1) is 50.7 Å². The Morgan fingerprint density at radius 1 is 1.03 bits per heavy atom. The second-order valence-electron chi connectivity index (χ2n) is 15.0. The second-order valence-corrected chi connectivity index (χ2v) is 15.0. The summed E-state index contributed by atoms with van der Waals surface area (Å²) in [6.45, 7) is 13.1. The maximum atomic E-state index is 12.0. The maximum Gasteiger partial charge on any atom is 0.409 e. The molecule has 1 heterocycles. The Bertz CT molecular complexity index is 905. The van der Waals surface area contributed by atoms with Crippen LogP contribution in [0.15, 0.2) is 0 Å². The van der Waals surface area contributed by atoms with Crippen molar-refractivity contribution in [3.63, 3.8) is 0 Å². The molecule has 198 valence electrons. The number of nitrogens with zero attached hydrogens (tertiary/aromatic N) is 1. The quantitative estimate of drug-likeness (QED) is 0.528. The second kappa shape index (κ2) is 7.40. The first-order valence-electron chi connectivity index (χ1n) is 14.5. The number of methoxy groups -OCH3 is 1. The third-order valence-corrected chi connectivity index (χ3v) is 13.7. The van der Waals surface area contributed by atoms with E-state index in [2.05, 4.69) is 34.6 Å². The smallest absolute Gasteiger partial charge is 0.409 e. The molecule has 0 aromatic heterocycles. The van der Waals surface area contributed by atoms with E-state index in [9.17, 15) is 9.90 Å². The minimum atomic E-state index is -0.277. The molecule has 5 heteroatoms. The third-order valence-electron chi connectivity index (χ3n) is 13.7. The summed E-state index contributed by atoms with van der Waals surface area (Å²) >= 11 is 0. The predicted molar refractivity (Wildman–Crippen MR) is 136 cm³/mol. The van der Waals surface area contributed by atoms with Gasteiger partial charge in [-0.3, -0.25) is 0 Å². The van der Waals surface area contributed by atoms with Gasteiger partial charge in [-0.2, -0.15) is 0 Å². The van der Waals surface area contributed by atoms with Crippen LogP contribution in [0.5, 0.6) is 0 Å². The van der Waals surface area contributed by atoms with Gasteiger partial charge in [-0.1, -0.05) is 34.6 Å². The molecule has 1 saturated heterocycles. The molecule has 2 spiro atoms. The van der Waals surface area contributed by atoms with Crippen molar-refractivity contribution < 1.29 is 19.4 Å². The fourth-order valence-electron chi connectivity index (χ4n) is 12.1. The maximum absolute atomic E-state index is 12.0. The van der Waals surface area contributed by atoms with Crippen molar-refractivity contribution in [2.24, 2.45) is 50.7 Å². The first-order chi connectivity index (χ1) is 16.4. The van der Waals surface area contributed by atoms with Gasteiger partial charge in [-0.05, 0) is 109 Å². The zero-order valence-corrected chi connectivity index (χ0v) is 23.2. The summed E-state index contributed by atoms with van der Waals surface area (Å²) in [5.41, 5.74) is 1.67. The van der Waals surface area contributed by atoms with Gasteiger partial charge in [0.15, 0.2) is 0 Å². The molecule has 35 heavy (non-hydrogen) atoms. The van der Waals surface area contributed by atoms with Crippen LogP contribution in [0.4, 0.5) is 4.79 Å². The van der Waals surface area contributed by atoms with Gasteiger partial charge in [0.25, 0.3) is 0 Å². The van der Waals surface area contributed by atoms with Crippen LogP contribution < -0.4 is 0 Å². The van der Waals surface area contributed by atoms with Crippen LogP contribution in [0.3, 0.4) is 0 Å². The summed E-state index contributed by atoms with van der Waals surface area (Å²) < 4.78 is 11.8. The Morgan fingerprint density at radius 3 is 2.43 bits per heavy atom. The number of hydrogen-bond acceptors (Lipinski definition) is 4. The number of hydrogen-bond donors (Lipinski definition) is 1. The van der Waals surface area contributed by atoms with Gasteiger partial charge in [0.05, 0.1) is 25.4 Å². The highest BCUT2D eigenvalue weighted by molar-refractivity contribution is 5.66. The molecule has 6 aliphatic rings. The molecule has 5 aliphatic carbocycles. The lowest BCUT2D eigenvalue weighted by Crippen LogP contribution is -2.58. The van der Waals surface area contributed by atoms with Crippen molar-refractivity contribution in [2.75, 3.05) is 20.7 Å². The zero-order valence-electron chi connectivity index (χ0n) is 23.2. The number of rotatable bonds is 2. The number of carbonyl (C=O) groups is 1. The number of carbonyl (C=O) groups excluding carboxylic acids is 1. The third kappa shape index (κ3) is 2.86. The topological polar surface area (TPSA) is 59.0 Å². The van der Waals surface area contributed by atoms with Crippen LogP contribution >= 0.6 is 0 Å². The number of amides is 1. The van der Waals surface area contributed by atoms with Crippen LogP contribution in [0.2, 0.25) is 0 Å². The largest absolute Gasteiger partial charge is 0.453 e. The first-order valence-corrected chi connectivity index (χ1v) is 14.5. The van der Waals surface area contributed by atoms with Crippen molar-refractivity contribution in [3.05, 3.63) is 0 Å². The van der Waals surface area contributed by atoms with Gasteiger partial charge >= 0.3 is 6.09 Å². The lowest BCUT2D eigenvalue weighted by molar-refractivity contribution is -0.166. The van der Waals surface area contributed by atoms with E-state index >= 15 is 0 Å². The summed E-state index contributed by atoms with van der Waals surface area (Å²) in [7, 11) is 3.27. The Balaban J connectivity index is 1.28. The molecule has 0 radical (unpaired) electrons. The Labute approximate surface area is 212 Å². The SMILES string of the molecule is COC(=O)N(C)CC1C[C@@H](C)C2C(C[C@@]3(C)C4CCC5C(C)(C)C(O)CCC56CC46CCC23C)O1. The summed E-state index contributed by atoms with van der Waals surface area (Å²) in [5.74, 6) is 2.69. The summed E-state index contributed by atoms with van der Waals surface area (Å²) in [6.07, 6.45) is 11.2. The molecular formula is C30H49NO4. The van der Waals surface area contributed by atoms with Gasteiger partial charge < -0.3 is 19.5 Å². The number of ether oxygens (including phenoxy) is 2. The summed E-state index contributed by atoms with van der Waals surface area (Å²) in [4.78, 5) is 13.7. The number of aliphatic hydroxyl groups is 1. The van der Waals surface area contributed by atoms with E-state index in [-0.39, 0.29) is 23.7 Å². The van der Waals surface area contributed by atoms with E-state index < -0.39 is 0 Å². The molecule has 0 aromatic carbocycles. The number of likely N-dealkylation sites (N-methyl/N-ethyl adjacent to an activating group) is 1. The molecule has 6 rings (SSSR count). The Hall–Kier alpha value is -0.810. The van der Waals surface area contributed by atoms with Gasteiger partial charge in [-0.25, -0.2) is 4.79 Å². The molecule has 0 bridgehead atoms. The Kier molecular flexibility index (Phi) is 5.18. The molecule has 6 fully saturated rings. The van der Waals surface area contributed by atoms with E-state index in [1.807, 2.05) is 7.05 Å². The van der Waals surface area contributed by atoms with Gasteiger partial charge in [0.2, 0.25) is 0 Å². The number of fused-ring (bicyclic) bond motifs is 4. The fourth-order valence-corrected chi connectivity index (χ4v) is 12.1. The van der Waals surface area contributed by atoms with E-state index in [0.717, 1.165) is 18.8 Å². The van der Waals surface area contributed by atoms with Crippen molar-refractivity contribution in [1.82, 2.24) is 4.90 Å². The molecule has 1 aliphatic heterocycles. The summed E-state index contributed by atoms with van der Waals surface area (Å²) in [6, 6.07) is 0. The normalized spacial score (nSPS) is 55.5. The van der Waals surface area contributed by atoms with Crippen LogP contribution in [0.1, 0.15) is 92.4 Å².